The maximum atomic E-state index is 15.8. The molecule has 3 aliphatic heterocycles. The fraction of sp³-hybridized carbons (Fsp3) is 0.531. The average molecular weight is 626 g/mol. The van der Waals surface area contributed by atoms with Gasteiger partial charge in [-0.25, -0.2) is 27.5 Å². The molecule has 0 unspecified atom stereocenters. The van der Waals surface area contributed by atoms with Gasteiger partial charge in [-0.05, 0) is 70.3 Å². The highest BCUT2D eigenvalue weighted by Crippen LogP contribution is 2.47. The van der Waals surface area contributed by atoms with Gasteiger partial charge in [-0.1, -0.05) is 18.2 Å². The molecular formula is C32H35F4N7O2. The van der Waals surface area contributed by atoms with Crippen LogP contribution < -0.4 is 16.2 Å². The molecule has 2 aromatic heterocycles. The van der Waals surface area contributed by atoms with E-state index in [0.29, 0.717) is 29.6 Å². The molecule has 3 aromatic rings. The lowest BCUT2D eigenvalue weighted by Gasteiger charge is -2.37. The van der Waals surface area contributed by atoms with Crippen molar-refractivity contribution in [3.05, 3.63) is 63.2 Å². The van der Waals surface area contributed by atoms with Crippen LogP contribution in [0.3, 0.4) is 0 Å². The lowest BCUT2D eigenvalue weighted by atomic mass is 9.85. The number of aryl methyl sites for hydroxylation is 1. The Balaban J connectivity index is 1.46. The summed E-state index contributed by atoms with van der Waals surface area (Å²) in [5, 5.41) is 16.1. The molecule has 8 bridgehead atoms. The van der Waals surface area contributed by atoms with Crippen molar-refractivity contribution in [2.45, 2.75) is 75.8 Å². The first-order valence-corrected chi connectivity index (χ1v) is 15.3. The van der Waals surface area contributed by atoms with Gasteiger partial charge in [0.25, 0.3) is 17.4 Å². The van der Waals surface area contributed by atoms with Crippen molar-refractivity contribution >= 4 is 22.8 Å². The van der Waals surface area contributed by atoms with Gasteiger partial charge >= 0.3 is 0 Å². The van der Waals surface area contributed by atoms with Crippen molar-refractivity contribution in [3.63, 3.8) is 0 Å². The number of pyridine rings is 1. The van der Waals surface area contributed by atoms with Crippen molar-refractivity contribution < 1.29 is 22.4 Å². The number of alkyl halides is 4. The molecule has 1 saturated heterocycles. The number of nitriles is 1. The molecular weight excluding hydrogens is 590 g/mol. The van der Waals surface area contributed by atoms with E-state index in [0.717, 1.165) is 4.57 Å². The van der Waals surface area contributed by atoms with Gasteiger partial charge in [0.15, 0.2) is 0 Å². The minimum atomic E-state index is -3.16. The summed E-state index contributed by atoms with van der Waals surface area (Å²) in [5.74, 6) is -7.38. The van der Waals surface area contributed by atoms with Gasteiger partial charge in [0, 0.05) is 36.1 Å². The summed E-state index contributed by atoms with van der Waals surface area (Å²) in [6.07, 6.45) is 0.439. The Labute approximate surface area is 257 Å². The second-order valence-electron chi connectivity index (χ2n) is 12.6. The molecule has 2 N–H and O–H groups in total. The number of carbonyl (C=O) groups excluding carboxylic acids is 1. The third-order valence-corrected chi connectivity index (χ3v) is 9.33. The van der Waals surface area contributed by atoms with Crippen LogP contribution in [-0.4, -0.2) is 57.4 Å². The number of amides is 1. The van der Waals surface area contributed by atoms with Crippen molar-refractivity contribution in [1.29, 1.82) is 5.26 Å². The first-order valence-electron chi connectivity index (χ1n) is 15.3. The van der Waals surface area contributed by atoms with Crippen LogP contribution in [0.1, 0.15) is 67.6 Å². The zero-order chi connectivity index (χ0) is 32.1. The molecule has 238 valence electrons. The second kappa shape index (κ2) is 11.4. The summed E-state index contributed by atoms with van der Waals surface area (Å²) >= 11 is 0. The maximum absolute atomic E-state index is 15.8. The van der Waals surface area contributed by atoms with Gasteiger partial charge in [0.2, 0.25) is 5.91 Å². The number of nitrogens with zero attached hydrogens (tertiary/aromatic N) is 5. The summed E-state index contributed by atoms with van der Waals surface area (Å²) in [7, 11) is 0. The molecule has 9 nitrogen and oxygen atoms in total. The van der Waals surface area contributed by atoms with Crippen LogP contribution in [0.5, 0.6) is 0 Å². The Morgan fingerprint density at radius 1 is 1.04 bits per heavy atom. The monoisotopic (exact) mass is 625 g/mol. The molecule has 1 aliphatic carbocycles. The summed E-state index contributed by atoms with van der Waals surface area (Å²) < 4.78 is 62.6. The predicted octanol–water partition coefficient (Wildman–Crippen LogP) is 4.79. The van der Waals surface area contributed by atoms with E-state index < -0.39 is 60.2 Å². The van der Waals surface area contributed by atoms with Gasteiger partial charge in [0.1, 0.15) is 23.8 Å². The fourth-order valence-electron chi connectivity index (χ4n) is 6.50. The minimum absolute atomic E-state index is 0.0763. The fourth-order valence-corrected chi connectivity index (χ4v) is 6.50. The Morgan fingerprint density at radius 2 is 1.78 bits per heavy atom. The molecule has 1 amide bonds. The second-order valence-corrected chi connectivity index (χ2v) is 12.6. The SMILES string of the molecule is Cc1nc2c3cc(C4(C#N)CC4)c(=O)n(c3n1)CC(=O)NCCC(F)(F)CN1CCC(CC1)C(F)(F)c1cccc(c1)[C@@H](C)N2. The van der Waals surface area contributed by atoms with Crippen LogP contribution in [0.15, 0.2) is 35.1 Å². The van der Waals surface area contributed by atoms with Crippen molar-refractivity contribution in [2.24, 2.45) is 5.92 Å². The molecule has 4 aliphatic rings. The van der Waals surface area contributed by atoms with E-state index >= 15 is 8.78 Å². The van der Waals surface area contributed by atoms with Crippen LogP contribution >= 0.6 is 0 Å². The van der Waals surface area contributed by atoms with E-state index in [1.165, 1.54) is 17.0 Å². The molecule has 5 heterocycles. The highest BCUT2D eigenvalue weighted by atomic mass is 19.3. The van der Waals surface area contributed by atoms with E-state index in [-0.39, 0.29) is 55.1 Å². The van der Waals surface area contributed by atoms with E-state index in [1.807, 2.05) is 0 Å². The van der Waals surface area contributed by atoms with Crippen molar-refractivity contribution in [1.82, 2.24) is 24.8 Å². The number of carbonyl (C=O) groups is 1. The van der Waals surface area contributed by atoms with E-state index in [9.17, 15) is 23.6 Å². The third-order valence-electron chi connectivity index (χ3n) is 9.33. The number of nitrogens with one attached hydrogen (secondary N) is 2. The first-order chi connectivity index (χ1) is 21.3. The Morgan fingerprint density at radius 3 is 2.47 bits per heavy atom. The highest BCUT2D eigenvalue weighted by molar-refractivity contribution is 5.89. The van der Waals surface area contributed by atoms with E-state index in [4.69, 9.17) is 0 Å². The molecule has 13 heteroatoms. The van der Waals surface area contributed by atoms with Crippen LogP contribution in [0.2, 0.25) is 0 Å². The highest BCUT2D eigenvalue weighted by Gasteiger charge is 2.48. The number of fused-ring (bicyclic) bond motifs is 9. The number of hydrogen-bond acceptors (Lipinski definition) is 7. The predicted molar refractivity (Wildman–Crippen MR) is 159 cm³/mol. The van der Waals surface area contributed by atoms with Crippen LogP contribution in [0.25, 0.3) is 11.0 Å². The van der Waals surface area contributed by atoms with E-state index in [1.54, 1.807) is 32.0 Å². The molecule has 0 radical (unpaired) electrons. The molecule has 45 heavy (non-hydrogen) atoms. The average Bonchev–Trinajstić information content (AvgIpc) is 3.79. The summed E-state index contributed by atoms with van der Waals surface area (Å²) in [6.45, 7) is 2.22. The first kappa shape index (κ1) is 31.0. The molecule has 0 spiro atoms. The number of piperidine rings is 1. The quantitative estimate of drug-likeness (QED) is 0.374. The zero-order valence-electron chi connectivity index (χ0n) is 25.2. The largest absolute Gasteiger partial charge is 0.363 e. The third kappa shape index (κ3) is 6.00. The lowest BCUT2D eigenvalue weighted by Crippen LogP contribution is -2.45. The number of anilines is 1. The Hall–Kier alpha value is -4.05. The van der Waals surface area contributed by atoms with Crippen molar-refractivity contribution in [2.75, 3.05) is 31.5 Å². The van der Waals surface area contributed by atoms with Gasteiger partial charge in [-0.3, -0.25) is 19.1 Å². The number of halogens is 4. The molecule has 7 rings (SSSR count). The molecule has 2 fully saturated rings. The maximum Gasteiger partial charge on any atom is 0.276 e. The topological polar surface area (TPSA) is 116 Å². The number of hydrogen-bond donors (Lipinski definition) is 2. The molecule has 1 atom stereocenters. The van der Waals surface area contributed by atoms with Crippen LogP contribution in [0.4, 0.5) is 23.4 Å². The standard InChI is InChI=1S/C32H35F4N7O2/c1-19-21-4-3-5-23(14-21)32(35,36)22-6-12-42(13-7-22)18-31(33,34)10-11-38-26(44)16-43-28-24(27(39-19)40-20(2)41-28)15-25(29(43)45)30(17-37)8-9-30/h3-5,14-15,19,22H,6-13,16,18H2,1-2H3,(H,38,44)(H,39,40,41)/t19-/m1/s1. The zero-order valence-corrected chi connectivity index (χ0v) is 25.2. The Bertz CT molecular complexity index is 1740. The van der Waals surface area contributed by atoms with Gasteiger partial charge in [-0.15, -0.1) is 0 Å². The van der Waals surface area contributed by atoms with Crippen LogP contribution in [0, 0.1) is 24.2 Å². The van der Waals surface area contributed by atoms with Crippen LogP contribution in [-0.2, 0) is 22.7 Å². The normalized spacial score (nSPS) is 25.9. The minimum Gasteiger partial charge on any atom is -0.363 e. The van der Waals surface area contributed by atoms with E-state index in [2.05, 4.69) is 26.7 Å². The number of rotatable bonds is 1. The van der Waals surface area contributed by atoms with Crippen molar-refractivity contribution in [3.8, 4) is 6.07 Å². The number of benzene rings is 1. The molecule has 1 aromatic carbocycles. The summed E-state index contributed by atoms with van der Waals surface area (Å²) in [4.78, 5) is 37.3. The van der Waals surface area contributed by atoms with Gasteiger partial charge < -0.3 is 10.6 Å². The smallest absolute Gasteiger partial charge is 0.276 e. The summed E-state index contributed by atoms with van der Waals surface area (Å²) in [6, 6.07) is 9.44. The summed E-state index contributed by atoms with van der Waals surface area (Å²) in [5.41, 5.74) is -0.808. The molecule has 1 saturated carbocycles. The Kier molecular flexibility index (Phi) is 7.83. The number of aromatic nitrogens is 3. The van der Waals surface area contributed by atoms with Gasteiger partial charge in [0.05, 0.1) is 23.4 Å². The van der Waals surface area contributed by atoms with Gasteiger partial charge in [-0.2, -0.15) is 5.26 Å². The lowest BCUT2D eigenvalue weighted by molar-refractivity contribution is -0.122.